The average Bonchev–Trinajstić information content (AvgIpc) is 2.83. The Labute approximate surface area is 165 Å². The van der Waals surface area contributed by atoms with Crippen LogP contribution in [0.2, 0.25) is 5.02 Å². The van der Waals surface area contributed by atoms with Crippen molar-refractivity contribution in [3.8, 4) is 0 Å². The number of aromatic nitrogens is 2. The van der Waals surface area contributed by atoms with E-state index in [0.717, 1.165) is 37.6 Å². The molecular formula is C20H26ClN5O. The molecule has 1 aliphatic heterocycles. The zero-order valence-electron chi connectivity index (χ0n) is 16.1. The zero-order valence-corrected chi connectivity index (χ0v) is 16.9. The van der Waals surface area contributed by atoms with Crippen molar-refractivity contribution in [3.63, 3.8) is 0 Å². The van der Waals surface area contributed by atoms with Gasteiger partial charge in [-0.05, 0) is 43.7 Å². The predicted octanol–water partition coefficient (Wildman–Crippen LogP) is 2.44. The van der Waals surface area contributed by atoms with Gasteiger partial charge < -0.3 is 14.7 Å². The van der Waals surface area contributed by atoms with Crippen LogP contribution in [-0.2, 0) is 6.42 Å². The Bertz CT molecular complexity index is 780. The Morgan fingerprint density at radius 3 is 2.63 bits per heavy atom. The van der Waals surface area contributed by atoms with E-state index in [-0.39, 0.29) is 5.91 Å². The number of carbonyl (C=O) groups excluding carboxylic acids is 1. The molecule has 1 aromatic carbocycles. The number of anilines is 1. The molecule has 0 spiro atoms. The molecule has 1 aliphatic rings. The van der Waals surface area contributed by atoms with Crippen LogP contribution in [0.3, 0.4) is 0 Å². The van der Waals surface area contributed by atoms with Crippen LogP contribution in [0.25, 0.3) is 0 Å². The molecule has 1 atom stereocenters. The lowest BCUT2D eigenvalue weighted by Crippen LogP contribution is -2.36. The molecule has 0 aliphatic carbocycles. The molecule has 27 heavy (non-hydrogen) atoms. The van der Waals surface area contributed by atoms with Gasteiger partial charge in [-0.1, -0.05) is 11.6 Å². The van der Waals surface area contributed by atoms with Crippen molar-refractivity contribution in [3.05, 3.63) is 52.9 Å². The normalized spacial score (nSPS) is 18.2. The van der Waals surface area contributed by atoms with Crippen LogP contribution in [0.4, 0.5) is 5.82 Å². The Morgan fingerprint density at radius 1 is 1.19 bits per heavy atom. The highest BCUT2D eigenvalue weighted by Crippen LogP contribution is 2.18. The average molecular weight is 388 g/mol. The maximum absolute atomic E-state index is 12.9. The summed E-state index contributed by atoms with van der Waals surface area (Å²) in [5.41, 5.74) is 1.69. The number of benzene rings is 1. The molecule has 0 saturated carbocycles. The number of nitrogens with zero attached hydrogens (tertiary/aromatic N) is 5. The smallest absolute Gasteiger partial charge is 0.253 e. The molecule has 1 fully saturated rings. The molecule has 0 unspecified atom stereocenters. The lowest BCUT2D eigenvalue weighted by atomic mass is 10.0. The first kappa shape index (κ1) is 19.6. The van der Waals surface area contributed by atoms with Crippen molar-refractivity contribution in [1.82, 2.24) is 19.8 Å². The fraction of sp³-hybridized carbons (Fsp3) is 0.450. The van der Waals surface area contributed by atoms with Gasteiger partial charge in [0.15, 0.2) is 0 Å². The van der Waals surface area contributed by atoms with Crippen molar-refractivity contribution < 1.29 is 4.79 Å². The third-order valence-corrected chi connectivity index (χ3v) is 5.10. The van der Waals surface area contributed by atoms with Gasteiger partial charge in [0.25, 0.3) is 5.91 Å². The van der Waals surface area contributed by atoms with Gasteiger partial charge in [0, 0.05) is 62.6 Å². The second-order valence-electron chi connectivity index (χ2n) is 7.35. The first-order valence-electron chi connectivity index (χ1n) is 9.14. The van der Waals surface area contributed by atoms with E-state index in [1.165, 1.54) is 0 Å². The van der Waals surface area contributed by atoms with Gasteiger partial charge >= 0.3 is 0 Å². The third kappa shape index (κ3) is 5.17. The molecule has 7 heteroatoms. The summed E-state index contributed by atoms with van der Waals surface area (Å²) in [7, 11) is 6.05. The van der Waals surface area contributed by atoms with Crippen LogP contribution in [0.5, 0.6) is 0 Å². The van der Waals surface area contributed by atoms with E-state index < -0.39 is 0 Å². The first-order chi connectivity index (χ1) is 12.9. The van der Waals surface area contributed by atoms with Gasteiger partial charge in [-0.15, -0.1) is 0 Å². The van der Waals surface area contributed by atoms with Gasteiger partial charge in [-0.3, -0.25) is 4.79 Å². The van der Waals surface area contributed by atoms with Crippen LogP contribution in [0.1, 0.15) is 16.1 Å². The molecule has 1 aromatic heterocycles. The molecule has 6 nitrogen and oxygen atoms in total. The summed E-state index contributed by atoms with van der Waals surface area (Å²) >= 11 is 5.95. The summed E-state index contributed by atoms with van der Waals surface area (Å²) in [4.78, 5) is 27.9. The second kappa shape index (κ2) is 8.67. The van der Waals surface area contributed by atoms with E-state index in [1.807, 2.05) is 30.0 Å². The van der Waals surface area contributed by atoms with Gasteiger partial charge in [0.1, 0.15) is 12.1 Å². The number of hydrogen-bond donors (Lipinski definition) is 0. The Balaban J connectivity index is 1.74. The second-order valence-corrected chi connectivity index (χ2v) is 7.79. The van der Waals surface area contributed by atoms with Gasteiger partial charge in [0.2, 0.25) is 0 Å². The third-order valence-electron chi connectivity index (χ3n) is 4.84. The Hall–Kier alpha value is -2.18. The largest absolute Gasteiger partial charge is 0.363 e. The minimum absolute atomic E-state index is 0.0589. The minimum Gasteiger partial charge on any atom is -0.363 e. The van der Waals surface area contributed by atoms with Crippen LogP contribution in [0.15, 0.2) is 36.7 Å². The molecule has 144 valence electrons. The highest BCUT2D eigenvalue weighted by atomic mass is 35.5. The lowest BCUT2D eigenvalue weighted by molar-refractivity contribution is 0.0746. The first-order valence-corrected chi connectivity index (χ1v) is 9.52. The number of halogens is 1. The topological polar surface area (TPSA) is 52.6 Å². The van der Waals surface area contributed by atoms with Crippen molar-refractivity contribution in [2.45, 2.75) is 6.42 Å². The molecule has 3 rings (SSSR count). The molecular weight excluding hydrogens is 362 g/mol. The van der Waals surface area contributed by atoms with Crippen molar-refractivity contribution in [2.75, 3.05) is 52.2 Å². The number of rotatable bonds is 4. The molecule has 0 bridgehead atoms. The minimum atomic E-state index is 0.0589. The monoisotopic (exact) mass is 387 g/mol. The van der Waals surface area contributed by atoms with E-state index >= 15 is 0 Å². The molecule has 0 N–H and O–H groups in total. The van der Waals surface area contributed by atoms with Crippen molar-refractivity contribution in [1.29, 1.82) is 0 Å². The van der Waals surface area contributed by atoms with Crippen LogP contribution >= 0.6 is 11.6 Å². The highest BCUT2D eigenvalue weighted by molar-refractivity contribution is 6.30. The zero-order chi connectivity index (χ0) is 19.4. The summed E-state index contributed by atoms with van der Waals surface area (Å²) in [6.45, 7) is 3.24. The SMILES string of the molecule is CN1CCN(C(=O)c2ccc(Cl)cc2)C[C@@H](Cc2cc(N(C)C)ncn2)C1. The maximum Gasteiger partial charge on any atom is 0.253 e. The summed E-state index contributed by atoms with van der Waals surface area (Å²) in [6.07, 6.45) is 2.43. The number of carbonyl (C=O) groups is 1. The Morgan fingerprint density at radius 2 is 1.93 bits per heavy atom. The van der Waals surface area contributed by atoms with Gasteiger partial charge in [-0.25, -0.2) is 9.97 Å². The van der Waals surface area contributed by atoms with E-state index in [1.54, 1.807) is 30.6 Å². The Kier molecular flexibility index (Phi) is 6.29. The van der Waals surface area contributed by atoms with Crippen LogP contribution < -0.4 is 4.90 Å². The van der Waals surface area contributed by atoms with Gasteiger partial charge in [-0.2, -0.15) is 0 Å². The van der Waals surface area contributed by atoms with E-state index in [4.69, 9.17) is 11.6 Å². The van der Waals surface area contributed by atoms with Gasteiger partial charge in [0.05, 0.1) is 0 Å². The summed E-state index contributed by atoms with van der Waals surface area (Å²) in [6, 6.07) is 9.14. The number of amides is 1. The van der Waals surface area contributed by atoms with E-state index in [0.29, 0.717) is 23.0 Å². The standard InChI is InChI=1S/C20H26ClN5O/c1-24(2)19-11-18(22-14-23-19)10-15-12-25(3)8-9-26(13-15)20(27)16-4-6-17(21)7-5-16/h4-7,11,14-15H,8-10,12-13H2,1-3H3/t15-/m0/s1. The quantitative estimate of drug-likeness (QED) is 0.806. The van der Waals surface area contributed by atoms with Crippen molar-refractivity contribution >= 4 is 23.3 Å². The summed E-state index contributed by atoms with van der Waals surface area (Å²) in [5.74, 6) is 1.28. The highest BCUT2D eigenvalue weighted by Gasteiger charge is 2.25. The van der Waals surface area contributed by atoms with Crippen LogP contribution in [0, 0.1) is 5.92 Å². The molecule has 2 aromatic rings. The predicted molar refractivity (Wildman–Crippen MR) is 108 cm³/mol. The maximum atomic E-state index is 12.9. The lowest BCUT2D eigenvalue weighted by Gasteiger charge is -2.24. The summed E-state index contributed by atoms with van der Waals surface area (Å²) in [5, 5.41) is 0.639. The van der Waals surface area contributed by atoms with E-state index in [9.17, 15) is 4.79 Å². The molecule has 1 amide bonds. The molecule has 1 saturated heterocycles. The molecule has 0 radical (unpaired) electrons. The number of hydrogen-bond acceptors (Lipinski definition) is 5. The molecule has 2 heterocycles. The fourth-order valence-electron chi connectivity index (χ4n) is 3.41. The van der Waals surface area contributed by atoms with E-state index in [2.05, 4.69) is 21.9 Å². The van der Waals surface area contributed by atoms with Crippen molar-refractivity contribution in [2.24, 2.45) is 5.92 Å². The fourth-order valence-corrected chi connectivity index (χ4v) is 3.54. The number of likely N-dealkylation sites (N-methyl/N-ethyl adjacent to an activating group) is 1. The summed E-state index contributed by atoms with van der Waals surface area (Å²) < 4.78 is 0. The van der Waals surface area contributed by atoms with Crippen LogP contribution in [-0.4, -0.2) is 73.0 Å².